The van der Waals surface area contributed by atoms with E-state index in [9.17, 15) is 4.79 Å². The number of rotatable bonds is 5. The molecule has 1 fully saturated rings. The lowest BCUT2D eigenvalue weighted by molar-refractivity contribution is -0.0772. The van der Waals surface area contributed by atoms with E-state index in [1.54, 1.807) is 0 Å². The summed E-state index contributed by atoms with van der Waals surface area (Å²) in [5.74, 6) is 0.183. The lowest BCUT2D eigenvalue weighted by Gasteiger charge is -2.37. The normalized spacial score (nSPS) is 23.8. The number of carbonyl (C=O) groups excluding carboxylic acids is 1. The van der Waals surface area contributed by atoms with Crippen molar-refractivity contribution in [1.29, 1.82) is 0 Å². The van der Waals surface area contributed by atoms with Gasteiger partial charge < -0.3 is 9.84 Å². The maximum absolute atomic E-state index is 12.3. The second kappa shape index (κ2) is 6.97. The summed E-state index contributed by atoms with van der Waals surface area (Å²) in [6.45, 7) is 6.11. The molecule has 0 bridgehead atoms. The van der Waals surface area contributed by atoms with E-state index in [2.05, 4.69) is 11.8 Å². The molecule has 1 saturated heterocycles. The first-order valence-electron chi connectivity index (χ1n) is 7.17. The van der Waals surface area contributed by atoms with E-state index in [0.29, 0.717) is 32.2 Å². The minimum absolute atomic E-state index is 0.0367. The van der Waals surface area contributed by atoms with Gasteiger partial charge in [0.15, 0.2) is 5.78 Å². The van der Waals surface area contributed by atoms with Crippen molar-refractivity contribution in [1.82, 2.24) is 4.90 Å². The van der Waals surface area contributed by atoms with E-state index in [1.807, 2.05) is 31.2 Å². The van der Waals surface area contributed by atoms with Crippen molar-refractivity contribution in [2.75, 3.05) is 26.3 Å². The molecule has 0 aromatic heterocycles. The Bertz CT molecular complexity index is 461. The Balaban J connectivity index is 1.91. The molecule has 20 heavy (non-hydrogen) atoms. The van der Waals surface area contributed by atoms with Gasteiger partial charge in [0.2, 0.25) is 0 Å². The van der Waals surface area contributed by atoms with Crippen molar-refractivity contribution in [2.45, 2.75) is 32.4 Å². The molecule has 0 amide bonds. The van der Waals surface area contributed by atoms with Crippen LogP contribution in [0.5, 0.6) is 0 Å². The van der Waals surface area contributed by atoms with Gasteiger partial charge in [-0.2, -0.15) is 0 Å². The van der Waals surface area contributed by atoms with E-state index < -0.39 is 0 Å². The van der Waals surface area contributed by atoms with Crippen LogP contribution in [-0.2, 0) is 4.74 Å². The molecular weight excluding hydrogens is 254 g/mol. The summed E-state index contributed by atoms with van der Waals surface area (Å²) in [7, 11) is 0. The Labute approximate surface area is 120 Å². The monoisotopic (exact) mass is 277 g/mol. The Morgan fingerprint density at radius 3 is 2.90 bits per heavy atom. The zero-order chi connectivity index (χ0) is 14.5. The molecule has 4 nitrogen and oxygen atoms in total. The molecule has 0 radical (unpaired) electrons. The van der Waals surface area contributed by atoms with E-state index >= 15 is 0 Å². The third-order valence-corrected chi connectivity index (χ3v) is 3.91. The molecule has 4 heteroatoms. The summed E-state index contributed by atoms with van der Waals surface area (Å²) in [5, 5.41) is 9.17. The van der Waals surface area contributed by atoms with Crippen molar-refractivity contribution in [2.24, 2.45) is 0 Å². The first-order valence-corrected chi connectivity index (χ1v) is 7.17. The number of aliphatic hydroxyl groups excluding tert-OH is 1. The Morgan fingerprint density at radius 1 is 1.45 bits per heavy atom. The van der Waals surface area contributed by atoms with Crippen LogP contribution in [0.15, 0.2) is 24.3 Å². The van der Waals surface area contributed by atoms with E-state index in [1.165, 1.54) is 0 Å². The van der Waals surface area contributed by atoms with Gasteiger partial charge >= 0.3 is 0 Å². The zero-order valence-electron chi connectivity index (χ0n) is 12.2. The van der Waals surface area contributed by atoms with Gasteiger partial charge in [0.25, 0.3) is 0 Å². The van der Waals surface area contributed by atoms with Crippen LogP contribution in [0, 0.1) is 6.92 Å². The molecule has 2 rings (SSSR count). The summed E-state index contributed by atoms with van der Waals surface area (Å²) in [6, 6.07) is 7.99. The molecule has 2 atom stereocenters. The maximum Gasteiger partial charge on any atom is 0.164 e. The Morgan fingerprint density at radius 2 is 2.20 bits per heavy atom. The standard InChI is InChI=1S/C16H23NO3/c1-12-5-3-4-6-15(12)16(19)7-8-17-9-14(10-18)20-11-13(17)2/h3-6,13-14,18H,7-11H2,1-2H3. The molecule has 1 aromatic carbocycles. The number of hydrogen-bond acceptors (Lipinski definition) is 4. The minimum Gasteiger partial charge on any atom is -0.394 e. The number of benzene rings is 1. The van der Waals surface area contributed by atoms with Gasteiger partial charge in [0.1, 0.15) is 0 Å². The van der Waals surface area contributed by atoms with Gasteiger partial charge in [-0.15, -0.1) is 0 Å². The molecule has 1 aliphatic heterocycles. The quantitative estimate of drug-likeness (QED) is 0.831. The second-order valence-corrected chi connectivity index (χ2v) is 5.47. The van der Waals surface area contributed by atoms with Crippen molar-refractivity contribution in [3.8, 4) is 0 Å². The fraction of sp³-hybridized carbons (Fsp3) is 0.562. The fourth-order valence-electron chi connectivity index (χ4n) is 2.56. The predicted molar refractivity (Wildman–Crippen MR) is 78.0 cm³/mol. The van der Waals surface area contributed by atoms with Crippen LogP contribution in [0.2, 0.25) is 0 Å². The first kappa shape index (κ1) is 15.2. The van der Waals surface area contributed by atoms with Crippen LogP contribution < -0.4 is 0 Å². The largest absolute Gasteiger partial charge is 0.394 e. The topological polar surface area (TPSA) is 49.8 Å². The van der Waals surface area contributed by atoms with Gasteiger partial charge in [-0.05, 0) is 19.4 Å². The number of Topliss-reactive ketones (excluding diaryl/α,β-unsaturated/α-hetero) is 1. The highest BCUT2D eigenvalue weighted by Gasteiger charge is 2.25. The van der Waals surface area contributed by atoms with E-state index in [0.717, 1.165) is 11.1 Å². The average molecular weight is 277 g/mol. The SMILES string of the molecule is Cc1ccccc1C(=O)CCN1CC(CO)OCC1C. The summed E-state index contributed by atoms with van der Waals surface area (Å²) in [6.07, 6.45) is 0.382. The Kier molecular flexibility index (Phi) is 5.29. The van der Waals surface area contributed by atoms with Gasteiger partial charge in [-0.1, -0.05) is 24.3 Å². The van der Waals surface area contributed by atoms with Crippen LogP contribution in [-0.4, -0.2) is 54.2 Å². The van der Waals surface area contributed by atoms with Gasteiger partial charge in [0.05, 0.1) is 19.3 Å². The van der Waals surface area contributed by atoms with Crippen LogP contribution >= 0.6 is 0 Å². The zero-order valence-corrected chi connectivity index (χ0v) is 12.2. The number of aryl methyl sites for hydroxylation is 1. The van der Waals surface area contributed by atoms with Crippen molar-refractivity contribution in [3.63, 3.8) is 0 Å². The summed E-state index contributed by atoms with van der Waals surface area (Å²) in [5.41, 5.74) is 1.84. The van der Waals surface area contributed by atoms with Crippen molar-refractivity contribution in [3.05, 3.63) is 35.4 Å². The lowest BCUT2D eigenvalue weighted by Crippen LogP contribution is -2.49. The van der Waals surface area contributed by atoms with E-state index in [4.69, 9.17) is 9.84 Å². The molecular formula is C16H23NO3. The van der Waals surface area contributed by atoms with Crippen LogP contribution in [0.1, 0.15) is 29.3 Å². The molecule has 0 aliphatic carbocycles. The van der Waals surface area contributed by atoms with Crippen molar-refractivity contribution < 1.29 is 14.6 Å². The smallest absolute Gasteiger partial charge is 0.164 e. The maximum atomic E-state index is 12.3. The number of nitrogens with zero attached hydrogens (tertiary/aromatic N) is 1. The highest BCUT2D eigenvalue weighted by Crippen LogP contribution is 2.14. The molecule has 2 unspecified atom stereocenters. The van der Waals surface area contributed by atoms with Crippen LogP contribution in [0.4, 0.5) is 0 Å². The number of carbonyl (C=O) groups is 1. The molecule has 110 valence electrons. The third kappa shape index (κ3) is 3.66. The lowest BCUT2D eigenvalue weighted by atomic mass is 10.0. The van der Waals surface area contributed by atoms with Crippen molar-refractivity contribution >= 4 is 5.78 Å². The molecule has 1 heterocycles. The number of morpholine rings is 1. The number of ketones is 1. The number of ether oxygens (including phenoxy) is 1. The van der Waals surface area contributed by atoms with Gasteiger partial charge in [-0.3, -0.25) is 9.69 Å². The first-order chi connectivity index (χ1) is 9.61. The Hall–Kier alpha value is -1.23. The number of hydrogen-bond donors (Lipinski definition) is 1. The number of aliphatic hydroxyl groups is 1. The summed E-state index contributed by atoms with van der Waals surface area (Å²) >= 11 is 0. The molecule has 0 spiro atoms. The minimum atomic E-state index is -0.125. The van der Waals surface area contributed by atoms with Crippen LogP contribution in [0.25, 0.3) is 0 Å². The fourth-order valence-corrected chi connectivity index (χ4v) is 2.56. The highest BCUT2D eigenvalue weighted by molar-refractivity contribution is 5.97. The van der Waals surface area contributed by atoms with Gasteiger partial charge in [0, 0.05) is 31.1 Å². The average Bonchev–Trinajstić information content (AvgIpc) is 2.46. The van der Waals surface area contributed by atoms with Gasteiger partial charge in [-0.25, -0.2) is 0 Å². The third-order valence-electron chi connectivity index (χ3n) is 3.91. The highest BCUT2D eigenvalue weighted by atomic mass is 16.5. The molecule has 0 saturated carbocycles. The predicted octanol–water partition coefficient (Wildman–Crippen LogP) is 1.65. The molecule has 1 aliphatic rings. The summed E-state index contributed by atoms with van der Waals surface area (Å²) in [4.78, 5) is 14.5. The molecule has 1 aromatic rings. The van der Waals surface area contributed by atoms with Crippen LogP contribution in [0.3, 0.4) is 0 Å². The second-order valence-electron chi connectivity index (χ2n) is 5.47. The summed E-state index contributed by atoms with van der Waals surface area (Å²) < 4.78 is 5.50. The molecule has 1 N–H and O–H groups in total. The van der Waals surface area contributed by atoms with E-state index in [-0.39, 0.29) is 18.5 Å².